The fourth-order valence-electron chi connectivity index (χ4n) is 2.02. The molecule has 0 atom stereocenters. The van der Waals surface area contributed by atoms with Crippen LogP contribution in [0.1, 0.15) is 31.9 Å². The molecule has 0 bridgehead atoms. The van der Waals surface area contributed by atoms with Crippen molar-refractivity contribution in [3.63, 3.8) is 0 Å². The molecular weight excluding hydrogens is 226 g/mol. The third-order valence-electron chi connectivity index (χ3n) is 2.93. The Labute approximate surface area is 108 Å². The Morgan fingerprint density at radius 2 is 2.00 bits per heavy atom. The van der Waals surface area contributed by atoms with Gasteiger partial charge in [0, 0.05) is 10.2 Å². The van der Waals surface area contributed by atoms with E-state index in [0.29, 0.717) is 0 Å². The summed E-state index contributed by atoms with van der Waals surface area (Å²) in [6.45, 7) is 9.87. The summed E-state index contributed by atoms with van der Waals surface area (Å²) in [6.07, 6.45) is 1.11. The molecular formula is C15H21NS. The van der Waals surface area contributed by atoms with Gasteiger partial charge in [0.15, 0.2) is 0 Å². The van der Waals surface area contributed by atoms with Crippen molar-refractivity contribution in [2.45, 2.75) is 39.7 Å². The van der Waals surface area contributed by atoms with Gasteiger partial charge in [0.25, 0.3) is 0 Å². The first-order valence-corrected chi connectivity index (χ1v) is 7.06. The molecule has 1 aromatic carbocycles. The highest BCUT2D eigenvalue weighted by Gasteiger charge is 2.09. The first-order chi connectivity index (χ1) is 7.97. The van der Waals surface area contributed by atoms with E-state index in [1.54, 1.807) is 0 Å². The zero-order valence-electron chi connectivity index (χ0n) is 11.1. The minimum Gasteiger partial charge on any atom is -0.312 e. The van der Waals surface area contributed by atoms with E-state index >= 15 is 0 Å². The van der Waals surface area contributed by atoms with E-state index in [4.69, 9.17) is 0 Å². The molecule has 2 rings (SSSR count). The van der Waals surface area contributed by atoms with Crippen molar-refractivity contribution in [3.8, 4) is 0 Å². The van der Waals surface area contributed by atoms with Gasteiger partial charge in [-0.2, -0.15) is 0 Å². The number of hydrogen-bond donors (Lipinski definition) is 1. The summed E-state index contributed by atoms with van der Waals surface area (Å²) in [4.78, 5) is 0. The molecule has 0 saturated heterocycles. The molecule has 0 unspecified atom stereocenters. The van der Waals surface area contributed by atoms with Crippen LogP contribution in [0.2, 0.25) is 0 Å². The second-order valence-electron chi connectivity index (χ2n) is 5.64. The number of benzene rings is 1. The zero-order chi connectivity index (χ0) is 12.5. The molecule has 1 nitrogen and oxygen atoms in total. The summed E-state index contributed by atoms with van der Waals surface area (Å²) in [5, 5.41) is 7.29. The molecule has 0 fully saturated rings. The zero-order valence-corrected chi connectivity index (χ0v) is 11.9. The summed E-state index contributed by atoms with van der Waals surface area (Å²) in [5.41, 5.74) is 3.08. The molecule has 17 heavy (non-hydrogen) atoms. The van der Waals surface area contributed by atoms with Crippen LogP contribution >= 0.6 is 11.3 Å². The van der Waals surface area contributed by atoms with Crippen LogP contribution in [0.15, 0.2) is 23.6 Å². The maximum atomic E-state index is 3.54. The number of rotatable bonds is 3. The van der Waals surface area contributed by atoms with Crippen LogP contribution in [-0.4, -0.2) is 12.1 Å². The predicted octanol–water partition coefficient (Wildman–Crippen LogP) is 4.14. The van der Waals surface area contributed by atoms with Gasteiger partial charge < -0.3 is 5.32 Å². The number of hydrogen-bond acceptors (Lipinski definition) is 2. The van der Waals surface area contributed by atoms with Crippen molar-refractivity contribution in [3.05, 3.63) is 34.7 Å². The van der Waals surface area contributed by atoms with Crippen molar-refractivity contribution >= 4 is 21.4 Å². The van der Waals surface area contributed by atoms with Gasteiger partial charge in [-0.05, 0) is 62.6 Å². The molecule has 0 radical (unpaired) electrons. The van der Waals surface area contributed by atoms with E-state index in [9.17, 15) is 0 Å². The van der Waals surface area contributed by atoms with Crippen molar-refractivity contribution in [2.75, 3.05) is 6.54 Å². The Morgan fingerprint density at radius 3 is 2.71 bits per heavy atom. The summed E-state index contributed by atoms with van der Waals surface area (Å²) in [7, 11) is 0. The van der Waals surface area contributed by atoms with Crippen molar-refractivity contribution < 1.29 is 0 Å². The number of aryl methyl sites for hydroxylation is 1. The van der Waals surface area contributed by atoms with E-state index in [1.807, 2.05) is 11.3 Å². The van der Waals surface area contributed by atoms with Gasteiger partial charge in [-0.1, -0.05) is 18.2 Å². The van der Waals surface area contributed by atoms with Crippen molar-refractivity contribution in [2.24, 2.45) is 0 Å². The third-order valence-corrected chi connectivity index (χ3v) is 4.11. The van der Waals surface area contributed by atoms with Crippen LogP contribution in [0.5, 0.6) is 0 Å². The fraction of sp³-hybridized carbons (Fsp3) is 0.467. The maximum Gasteiger partial charge on any atom is 0.0374 e. The Kier molecular flexibility index (Phi) is 3.55. The predicted molar refractivity (Wildman–Crippen MR) is 78.0 cm³/mol. The van der Waals surface area contributed by atoms with Crippen LogP contribution in [0, 0.1) is 6.92 Å². The Morgan fingerprint density at radius 1 is 1.24 bits per heavy atom. The summed E-state index contributed by atoms with van der Waals surface area (Å²) < 4.78 is 1.44. The molecule has 92 valence electrons. The summed E-state index contributed by atoms with van der Waals surface area (Å²) in [5.74, 6) is 0. The van der Waals surface area contributed by atoms with Gasteiger partial charge in [-0.25, -0.2) is 0 Å². The summed E-state index contributed by atoms with van der Waals surface area (Å²) >= 11 is 1.87. The van der Waals surface area contributed by atoms with Gasteiger partial charge in [-0.15, -0.1) is 11.3 Å². The smallest absolute Gasteiger partial charge is 0.0374 e. The lowest BCUT2D eigenvalue weighted by atomic mass is 10.1. The van der Waals surface area contributed by atoms with Crippen LogP contribution in [0.25, 0.3) is 10.1 Å². The number of fused-ring (bicyclic) bond motifs is 1. The van der Waals surface area contributed by atoms with Gasteiger partial charge >= 0.3 is 0 Å². The molecule has 0 saturated carbocycles. The van der Waals surface area contributed by atoms with Gasteiger partial charge in [0.2, 0.25) is 0 Å². The average Bonchev–Trinajstić information content (AvgIpc) is 2.61. The van der Waals surface area contributed by atoms with E-state index in [2.05, 4.69) is 56.6 Å². The molecule has 1 N–H and O–H groups in total. The molecule has 2 heteroatoms. The fourth-order valence-corrected chi connectivity index (χ4v) is 3.11. The standard InChI is InChI=1S/C15H21NS/c1-11-6-5-7-13-12(10-17-14(11)13)8-9-16-15(2,3)4/h5-7,10,16H,8-9H2,1-4H3. The van der Waals surface area contributed by atoms with Crippen LogP contribution in [0.3, 0.4) is 0 Å². The Balaban J connectivity index is 2.12. The van der Waals surface area contributed by atoms with Crippen molar-refractivity contribution in [1.29, 1.82) is 0 Å². The lowest BCUT2D eigenvalue weighted by Gasteiger charge is -2.20. The molecule has 1 aromatic heterocycles. The quantitative estimate of drug-likeness (QED) is 0.859. The average molecular weight is 247 g/mol. The minimum atomic E-state index is 0.210. The van der Waals surface area contributed by atoms with E-state index in [1.165, 1.54) is 21.2 Å². The third kappa shape index (κ3) is 3.08. The molecule has 2 aromatic rings. The second kappa shape index (κ2) is 4.79. The lowest BCUT2D eigenvalue weighted by molar-refractivity contribution is 0.430. The second-order valence-corrected chi connectivity index (χ2v) is 6.52. The topological polar surface area (TPSA) is 12.0 Å². The van der Waals surface area contributed by atoms with Crippen LogP contribution in [-0.2, 0) is 6.42 Å². The van der Waals surface area contributed by atoms with Crippen LogP contribution < -0.4 is 5.32 Å². The molecule has 0 aliphatic heterocycles. The monoisotopic (exact) mass is 247 g/mol. The normalized spacial score (nSPS) is 12.2. The Hall–Kier alpha value is -0.860. The number of nitrogens with one attached hydrogen (secondary N) is 1. The lowest BCUT2D eigenvalue weighted by Crippen LogP contribution is -2.37. The molecule has 0 amide bonds. The SMILES string of the molecule is Cc1cccc2c(CCNC(C)(C)C)csc12. The van der Waals surface area contributed by atoms with Gasteiger partial charge in [0.1, 0.15) is 0 Å². The molecule has 1 heterocycles. The maximum absolute atomic E-state index is 3.54. The Bertz CT molecular complexity index is 505. The van der Waals surface area contributed by atoms with Crippen molar-refractivity contribution in [1.82, 2.24) is 5.32 Å². The van der Waals surface area contributed by atoms with E-state index in [-0.39, 0.29) is 5.54 Å². The van der Waals surface area contributed by atoms with Crippen LogP contribution in [0.4, 0.5) is 0 Å². The van der Waals surface area contributed by atoms with E-state index < -0.39 is 0 Å². The number of thiophene rings is 1. The summed E-state index contributed by atoms with van der Waals surface area (Å²) in [6, 6.07) is 6.59. The highest BCUT2D eigenvalue weighted by Crippen LogP contribution is 2.28. The van der Waals surface area contributed by atoms with E-state index in [0.717, 1.165) is 13.0 Å². The highest BCUT2D eigenvalue weighted by molar-refractivity contribution is 7.17. The van der Waals surface area contributed by atoms with Gasteiger partial charge in [-0.3, -0.25) is 0 Å². The molecule has 0 aliphatic rings. The molecule has 0 spiro atoms. The first-order valence-electron chi connectivity index (χ1n) is 6.18. The molecule has 0 aliphatic carbocycles. The highest BCUT2D eigenvalue weighted by atomic mass is 32.1. The van der Waals surface area contributed by atoms with Gasteiger partial charge in [0.05, 0.1) is 0 Å². The largest absolute Gasteiger partial charge is 0.312 e. The first kappa shape index (κ1) is 12.6. The minimum absolute atomic E-state index is 0.210.